The van der Waals surface area contributed by atoms with Crippen LogP contribution in [0.4, 0.5) is 16.0 Å². The van der Waals surface area contributed by atoms with Gasteiger partial charge < -0.3 is 5.32 Å². The van der Waals surface area contributed by atoms with Gasteiger partial charge in [-0.25, -0.2) is 9.37 Å². The number of nitrogens with zero attached hydrogens (tertiary/aromatic N) is 1. The lowest BCUT2D eigenvalue weighted by Crippen LogP contribution is -2.11. The molecular weight excluding hydrogens is 233 g/mol. The summed E-state index contributed by atoms with van der Waals surface area (Å²) in [5.74, 6) is 0.0246. The third-order valence-corrected chi connectivity index (χ3v) is 2.59. The summed E-state index contributed by atoms with van der Waals surface area (Å²) in [6, 6.07) is 6.21. The second-order valence-corrected chi connectivity index (χ2v) is 4.03. The van der Waals surface area contributed by atoms with Crippen LogP contribution in [0.2, 0.25) is 0 Å². The van der Waals surface area contributed by atoms with Crippen LogP contribution < -0.4 is 10.9 Å². The fourth-order valence-electron chi connectivity index (χ4n) is 1.56. The lowest BCUT2D eigenvalue weighted by atomic mass is 10.2. The summed E-state index contributed by atoms with van der Waals surface area (Å²) < 4.78 is 13.4. The predicted octanol–water partition coefficient (Wildman–Crippen LogP) is 2.52. The molecule has 0 saturated heterocycles. The molecule has 0 spiro atoms. The van der Waals surface area contributed by atoms with Gasteiger partial charge in [-0.2, -0.15) is 0 Å². The molecule has 1 heterocycles. The van der Waals surface area contributed by atoms with Gasteiger partial charge in [-0.3, -0.25) is 9.78 Å². The third kappa shape index (κ3) is 2.74. The average Bonchev–Trinajstić information content (AvgIpc) is 2.33. The summed E-state index contributed by atoms with van der Waals surface area (Å²) in [6.45, 7) is 3.61. The van der Waals surface area contributed by atoms with Crippen molar-refractivity contribution in [2.24, 2.45) is 0 Å². The Labute approximate surface area is 104 Å². The molecule has 94 valence electrons. The van der Waals surface area contributed by atoms with Gasteiger partial charge in [-0.1, -0.05) is 13.0 Å². The van der Waals surface area contributed by atoms with E-state index in [0.29, 0.717) is 29.3 Å². The van der Waals surface area contributed by atoms with Gasteiger partial charge in [0, 0.05) is 17.4 Å². The first kappa shape index (κ1) is 12.3. The molecule has 2 aromatic rings. The van der Waals surface area contributed by atoms with Crippen molar-refractivity contribution >= 4 is 11.6 Å². The number of H-pyrrole nitrogens is 1. The molecule has 0 unspecified atom stereocenters. The Kier molecular flexibility index (Phi) is 3.41. The van der Waals surface area contributed by atoms with E-state index in [2.05, 4.69) is 15.3 Å². The highest BCUT2D eigenvalue weighted by Gasteiger charge is 2.03. The molecule has 0 bridgehead atoms. The number of hydrogen-bond donors (Lipinski definition) is 2. The smallest absolute Gasteiger partial charge is 0.252 e. The van der Waals surface area contributed by atoms with Crippen molar-refractivity contribution in [3.05, 3.63) is 51.7 Å². The first-order chi connectivity index (χ1) is 8.58. The van der Waals surface area contributed by atoms with E-state index >= 15 is 0 Å². The molecule has 4 nitrogen and oxygen atoms in total. The summed E-state index contributed by atoms with van der Waals surface area (Å²) in [5.41, 5.74) is 1.59. The quantitative estimate of drug-likeness (QED) is 0.876. The second kappa shape index (κ2) is 5.00. The molecule has 2 N–H and O–H groups in total. The fraction of sp³-hybridized carbons (Fsp3) is 0.231. The zero-order valence-corrected chi connectivity index (χ0v) is 10.2. The second-order valence-electron chi connectivity index (χ2n) is 4.03. The van der Waals surface area contributed by atoms with Crippen molar-refractivity contribution < 1.29 is 4.39 Å². The average molecular weight is 247 g/mol. The van der Waals surface area contributed by atoms with Gasteiger partial charge in [0.15, 0.2) is 0 Å². The summed E-state index contributed by atoms with van der Waals surface area (Å²) in [6.07, 6.45) is 0.668. The lowest BCUT2D eigenvalue weighted by molar-refractivity contribution is 0.619. The van der Waals surface area contributed by atoms with E-state index in [9.17, 15) is 9.18 Å². The third-order valence-electron chi connectivity index (χ3n) is 2.59. The van der Waals surface area contributed by atoms with Crippen molar-refractivity contribution in [1.29, 1.82) is 0 Å². The Bertz CT molecular complexity index is 622. The van der Waals surface area contributed by atoms with Crippen LogP contribution in [0, 0.1) is 12.7 Å². The van der Waals surface area contributed by atoms with Crippen LogP contribution in [-0.2, 0) is 6.42 Å². The van der Waals surface area contributed by atoms with E-state index in [-0.39, 0.29) is 11.4 Å². The van der Waals surface area contributed by atoms with Crippen molar-refractivity contribution in [1.82, 2.24) is 9.97 Å². The summed E-state index contributed by atoms with van der Waals surface area (Å²) in [5, 5.41) is 2.88. The predicted molar refractivity (Wildman–Crippen MR) is 68.7 cm³/mol. The van der Waals surface area contributed by atoms with Crippen LogP contribution in [0.3, 0.4) is 0 Å². The van der Waals surface area contributed by atoms with Crippen LogP contribution in [0.1, 0.15) is 18.2 Å². The van der Waals surface area contributed by atoms with Gasteiger partial charge in [-0.05, 0) is 31.0 Å². The van der Waals surface area contributed by atoms with Crippen molar-refractivity contribution in [3.63, 3.8) is 0 Å². The number of halogens is 1. The highest BCUT2D eigenvalue weighted by molar-refractivity contribution is 5.53. The topological polar surface area (TPSA) is 57.8 Å². The largest absolute Gasteiger partial charge is 0.326 e. The normalized spacial score (nSPS) is 10.4. The van der Waals surface area contributed by atoms with E-state index in [4.69, 9.17) is 0 Å². The fourth-order valence-corrected chi connectivity index (χ4v) is 1.56. The first-order valence-electron chi connectivity index (χ1n) is 5.72. The van der Waals surface area contributed by atoms with Crippen LogP contribution >= 0.6 is 0 Å². The van der Waals surface area contributed by atoms with Gasteiger partial charge in [0.05, 0.1) is 0 Å². The molecule has 1 aromatic heterocycles. The zero-order valence-electron chi connectivity index (χ0n) is 10.2. The van der Waals surface area contributed by atoms with E-state index in [1.807, 2.05) is 6.92 Å². The Hall–Kier alpha value is -2.17. The lowest BCUT2D eigenvalue weighted by Gasteiger charge is -2.07. The number of aryl methyl sites for hydroxylation is 2. The van der Waals surface area contributed by atoms with Gasteiger partial charge >= 0.3 is 0 Å². The van der Waals surface area contributed by atoms with Crippen molar-refractivity contribution in [3.8, 4) is 0 Å². The maximum atomic E-state index is 13.4. The molecule has 0 fully saturated rings. The van der Waals surface area contributed by atoms with Gasteiger partial charge in [0.1, 0.15) is 5.82 Å². The Morgan fingerprint density at radius 3 is 2.83 bits per heavy atom. The number of nitrogens with one attached hydrogen (secondary N) is 2. The Morgan fingerprint density at radius 2 is 2.17 bits per heavy atom. The Balaban J connectivity index is 2.30. The number of rotatable bonds is 3. The van der Waals surface area contributed by atoms with E-state index in [1.54, 1.807) is 19.1 Å². The number of benzene rings is 1. The Morgan fingerprint density at radius 1 is 1.39 bits per heavy atom. The molecule has 0 amide bonds. The highest BCUT2D eigenvalue weighted by Crippen LogP contribution is 2.16. The maximum Gasteiger partial charge on any atom is 0.252 e. The van der Waals surface area contributed by atoms with Crippen molar-refractivity contribution in [2.75, 3.05) is 5.32 Å². The van der Waals surface area contributed by atoms with E-state index in [1.165, 1.54) is 12.1 Å². The molecule has 2 rings (SSSR count). The molecular formula is C13H14FN3O. The standard InChI is InChI=1S/C13H14FN3O/c1-3-9-7-12(18)17-13(15-9)16-10-5-4-8(2)11(14)6-10/h4-7H,3H2,1-2H3,(H2,15,16,17,18). The molecule has 0 radical (unpaired) electrons. The SMILES string of the molecule is CCc1cc(=O)[nH]c(Nc2ccc(C)c(F)c2)n1. The van der Waals surface area contributed by atoms with Crippen LogP contribution in [0.25, 0.3) is 0 Å². The molecule has 0 saturated carbocycles. The number of anilines is 2. The zero-order chi connectivity index (χ0) is 13.1. The minimum absolute atomic E-state index is 0.225. The number of hydrogen-bond acceptors (Lipinski definition) is 3. The molecule has 5 heteroatoms. The van der Waals surface area contributed by atoms with Crippen LogP contribution in [-0.4, -0.2) is 9.97 Å². The van der Waals surface area contributed by atoms with Gasteiger partial charge in [-0.15, -0.1) is 0 Å². The van der Waals surface area contributed by atoms with E-state index < -0.39 is 0 Å². The molecule has 0 aliphatic heterocycles. The van der Waals surface area contributed by atoms with Gasteiger partial charge in [0.25, 0.3) is 5.56 Å². The maximum absolute atomic E-state index is 13.4. The van der Waals surface area contributed by atoms with Crippen LogP contribution in [0.5, 0.6) is 0 Å². The van der Waals surface area contributed by atoms with E-state index in [0.717, 1.165) is 0 Å². The van der Waals surface area contributed by atoms with Gasteiger partial charge in [0.2, 0.25) is 5.95 Å². The molecule has 0 aliphatic rings. The number of aromatic nitrogens is 2. The minimum atomic E-state index is -0.297. The highest BCUT2D eigenvalue weighted by atomic mass is 19.1. The first-order valence-corrected chi connectivity index (χ1v) is 5.72. The van der Waals surface area contributed by atoms with Crippen LogP contribution in [0.15, 0.2) is 29.1 Å². The monoisotopic (exact) mass is 247 g/mol. The van der Waals surface area contributed by atoms with Crippen molar-refractivity contribution in [2.45, 2.75) is 20.3 Å². The summed E-state index contributed by atoms with van der Waals surface area (Å²) in [7, 11) is 0. The molecule has 18 heavy (non-hydrogen) atoms. The molecule has 1 aromatic carbocycles. The summed E-state index contributed by atoms with van der Waals surface area (Å²) >= 11 is 0. The minimum Gasteiger partial charge on any atom is -0.326 e. The molecule has 0 aliphatic carbocycles. The summed E-state index contributed by atoms with van der Waals surface area (Å²) in [4.78, 5) is 18.1. The molecule has 0 atom stereocenters. The number of aromatic amines is 1.